The first-order valence-electron chi connectivity index (χ1n) is 9.35. The lowest BCUT2D eigenvalue weighted by Gasteiger charge is -2.58. The minimum absolute atomic E-state index is 0.291. The predicted octanol–water partition coefficient (Wildman–Crippen LogP) is 3.04. The highest BCUT2D eigenvalue weighted by molar-refractivity contribution is 5.91. The molecule has 4 aliphatic heterocycles. The van der Waals surface area contributed by atoms with Crippen molar-refractivity contribution in [3.63, 3.8) is 0 Å². The summed E-state index contributed by atoms with van der Waals surface area (Å²) in [5.41, 5.74) is 5.67. The summed E-state index contributed by atoms with van der Waals surface area (Å²) in [6.07, 6.45) is 4.44. The van der Waals surface area contributed by atoms with E-state index in [-0.39, 0.29) is 0 Å². The van der Waals surface area contributed by atoms with E-state index in [9.17, 15) is 5.11 Å². The second kappa shape index (κ2) is 5.36. The van der Waals surface area contributed by atoms with Gasteiger partial charge in [0.1, 0.15) is 5.75 Å². The Bertz CT molecular complexity index is 882. The third-order valence-electron chi connectivity index (χ3n) is 7.02. The largest absolute Gasteiger partial charge is 0.495 e. The maximum Gasteiger partial charge on any atom is 0.143 e. The summed E-state index contributed by atoms with van der Waals surface area (Å²) in [5, 5.41) is 11.4. The van der Waals surface area contributed by atoms with Gasteiger partial charge in [-0.3, -0.25) is 4.90 Å². The molecule has 3 fully saturated rings. The average molecular weight is 338 g/mol. The van der Waals surface area contributed by atoms with Gasteiger partial charge in [-0.05, 0) is 37.3 Å². The minimum Gasteiger partial charge on any atom is -0.495 e. The second-order valence-corrected chi connectivity index (χ2v) is 7.79. The number of aromatic nitrogens is 1. The van der Waals surface area contributed by atoms with Crippen molar-refractivity contribution in [2.45, 2.75) is 31.8 Å². The molecule has 3 saturated heterocycles. The van der Waals surface area contributed by atoms with Gasteiger partial charge in [0.2, 0.25) is 0 Å². The molecule has 0 saturated carbocycles. The number of benzene rings is 1. The highest BCUT2D eigenvalue weighted by atomic mass is 16.5. The number of methoxy groups -OCH3 is 1. The van der Waals surface area contributed by atoms with Gasteiger partial charge in [-0.25, -0.2) is 0 Å². The van der Waals surface area contributed by atoms with Gasteiger partial charge in [-0.15, -0.1) is 0 Å². The van der Waals surface area contributed by atoms with Crippen LogP contribution in [-0.4, -0.2) is 40.9 Å². The minimum atomic E-state index is 0.291. The summed E-state index contributed by atoms with van der Waals surface area (Å²) < 4.78 is 8.02. The summed E-state index contributed by atoms with van der Waals surface area (Å²) >= 11 is 0. The molecule has 4 aliphatic rings. The summed E-state index contributed by atoms with van der Waals surface area (Å²) in [7, 11) is 3.94. The molecule has 6 rings (SSSR count). The number of ether oxygens (including phenoxy) is 1. The van der Waals surface area contributed by atoms with E-state index in [1.54, 1.807) is 7.11 Å². The average Bonchev–Trinajstić information content (AvgIpc) is 2.94. The highest BCUT2D eigenvalue weighted by Crippen LogP contribution is 2.55. The zero-order valence-electron chi connectivity index (χ0n) is 15.2. The Balaban J connectivity index is 1.73. The highest BCUT2D eigenvalue weighted by Gasteiger charge is 2.53. The first kappa shape index (κ1) is 15.5. The lowest BCUT2D eigenvalue weighted by Crippen LogP contribution is -2.61. The van der Waals surface area contributed by atoms with Crippen molar-refractivity contribution in [3.05, 3.63) is 41.1 Å². The van der Waals surface area contributed by atoms with Gasteiger partial charge in [-0.1, -0.05) is 23.8 Å². The normalized spacial score (nSPS) is 34.6. The monoisotopic (exact) mass is 338 g/mol. The van der Waals surface area contributed by atoms with Crippen LogP contribution in [0.15, 0.2) is 29.8 Å². The van der Waals surface area contributed by atoms with Crippen molar-refractivity contribution in [2.24, 2.45) is 18.9 Å². The van der Waals surface area contributed by atoms with Gasteiger partial charge in [0.15, 0.2) is 0 Å². The molecule has 4 bridgehead atoms. The summed E-state index contributed by atoms with van der Waals surface area (Å²) in [5.74, 6) is 1.85. The molecule has 0 aliphatic carbocycles. The topological polar surface area (TPSA) is 37.6 Å². The lowest BCUT2D eigenvalue weighted by molar-refractivity contribution is -0.0513. The number of allylic oxidation sites excluding steroid dienone is 1. The molecule has 0 radical (unpaired) electrons. The van der Waals surface area contributed by atoms with E-state index in [0.29, 0.717) is 30.5 Å². The van der Waals surface area contributed by atoms with E-state index in [0.717, 1.165) is 25.1 Å². The Hall–Kier alpha value is -1.78. The molecule has 0 amide bonds. The molecular weight excluding hydrogens is 312 g/mol. The summed E-state index contributed by atoms with van der Waals surface area (Å²) in [6.45, 7) is 3.50. The maximum atomic E-state index is 10.1. The van der Waals surface area contributed by atoms with E-state index in [2.05, 4.69) is 47.7 Å². The van der Waals surface area contributed by atoms with Gasteiger partial charge >= 0.3 is 0 Å². The van der Waals surface area contributed by atoms with Crippen LogP contribution in [0.3, 0.4) is 0 Å². The second-order valence-electron chi connectivity index (χ2n) is 7.79. The predicted molar refractivity (Wildman–Crippen MR) is 98.8 cm³/mol. The fraction of sp³-hybridized carbons (Fsp3) is 0.524. The van der Waals surface area contributed by atoms with Crippen LogP contribution in [0.1, 0.15) is 30.6 Å². The van der Waals surface area contributed by atoms with Crippen LogP contribution in [0.2, 0.25) is 0 Å². The summed E-state index contributed by atoms with van der Waals surface area (Å²) in [6, 6.07) is 7.31. The molecule has 132 valence electrons. The van der Waals surface area contributed by atoms with Gasteiger partial charge in [0.25, 0.3) is 0 Å². The Morgan fingerprint density at radius 2 is 2.20 bits per heavy atom. The van der Waals surface area contributed by atoms with E-state index < -0.39 is 0 Å². The number of aliphatic hydroxyl groups excluding tert-OH is 1. The van der Waals surface area contributed by atoms with Gasteiger partial charge in [-0.2, -0.15) is 0 Å². The van der Waals surface area contributed by atoms with Crippen molar-refractivity contribution in [3.8, 4) is 5.75 Å². The van der Waals surface area contributed by atoms with Gasteiger partial charge < -0.3 is 14.4 Å². The standard InChI is InChI=1S/C21H26N2O2/c1-4-12-10-23-17-9-15-13-6-5-7-19(25-3)21(13)22(2)20(15)18(23)8-14(12)16(17)11-24/h4-7,14,16-18,24H,8-11H2,1-3H3/b12-4+/t14-,16?,17?,18-/m0/s1. The van der Waals surface area contributed by atoms with Crippen LogP contribution in [0.5, 0.6) is 5.75 Å². The maximum absolute atomic E-state index is 10.1. The van der Waals surface area contributed by atoms with Crippen LogP contribution in [0, 0.1) is 11.8 Å². The SMILES string of the molecule is C/C=C1\CN2C3Cc4c(n(C)c5c(OC)cccc45)[C@@H]2C[C@@H]1C3CO. The molecule has 1 N–H and O–H groups in total. The van der Waals surface area contributed by atoms with E-state index in [1.165, 1.54) is 27.7 Å². The molecule has 4 nitrogen and oxygen atoms in total. The van der Waals surface area contributed by atoms with Crippen molar-refractivity contribution in [1.29, 1.82) is 0 Å². The Morgan fingerprint density at radius 3 is 2.92 bits per heavy atom. The van der Waals surface area contributed by atoms with Crippen molar-refractivity contribution >= 4 is 10.9 Å². The molecule has 2 aromatic rings. The number of piperidine rings is 3. The van der Waals surface area contributed by atoms with Gasteiger partial charge in [0.05, 0.1) is 18.7 Å². The number of aryl methyl sites for hydroxylation is 1. The molecule has 5 heterocycles. The molecule has 25 heavy (non-hydrogen) atoms. The smallest absolute Gasteiger partial charge is 0.143 e. The van der Waals surface area contributed by atoms with E-state index >= 15 is 0 Å². The van der Waals surface area contributed by atoms with Crippen LogP contribution >= 0.6 is 0 Å². The van der Waals surface area contributed by atoms with Crippen LogP contribution in [0.25, 0.3) is 10.9 Å². The molecule has 1 aromatic carbocycles. The third kappa shape index (κ3) is 1.84. The number of nitrogens with zero attached hydrogens (tertiary/aromatic N) is 2. The number of hydrogen-bond acceptors (Lipinski definition) is 3. The Labute approximate surface area is 148 Å². The Morgan fingerprint density at radius 1 is 1.36 bits per heavy atom. The van der Waals surface area contributed by atoms with Crippen molar-refractivity contribution in [2.75, 3.05) is 20.3 Å². The van der Waals surface area contributed by atoms with Crippen LogP contribution < -0.4 is 4.74 Å². The molecular formula is C21H26N2O2. The summed E-state index contributed by atoms with van der Waals surface area (Å²) in [4.78, 5) is 2.66. The first-order valence-corrected chi connectivity index (χ1v) is 9.35. The lowest BCUT2D eigenvalue weighted by atomic mass is 9.64. The first-order chi connectivity index (χ1) is 12.2. The molecule has 3 unspecified atom stereocenters. The van der Waals surface area contributed by atoms with E-state index in [4.69, 9.17) is 4.74 Å². The number of aliphatic hydroxyl groups is 1. The van der Waals surface area contributed by atoms with Crippen LogP contribution in [0.4, 0.5) is 0 Å². The number of fused-ring (bicyclic) bond motifs is 4. The fourth-order valence-electron chi connectivity index (χ4n) is 5.96. The Kier molecular flexibility index (Phi) is 3.32. The fourth-order valence-corrected chi connectivity index (χ4v) is 5.96. The molecule has 1 aromatic heterocycles. The quantitative estimate of drug-likeness (QED) is 0.855. The zero-order valence-corrected chi connectivity index (χ0v) is 15.2. The number of rotatable bonds is 2. The van der Waals surface area contributed by atoms with Crippen molar-refractivity contribution < 1.29 is 9.84 Å². The molecule has 0 spiro atoms. The zero-order chi connectivity index (χ0) is 17.3. The molecule has 4 heteroatoms. The number of hydrogen-bond donors (Lipinski definition) is 1. The van der Waals surface area contributed by atoms with Crippen LogP contribution in [-0.2, 0) is 13.5 Å². The van der Waals surface area contributed by atoms with Gasteiger partial charge in [0, 0.05) is 43.2 Å². The number of para-hydroxylation sites is 1. The van der Waals surface area contributed by atoms with E-state index in [1.807, 2.05) is 0 Å². The van der Waals surface area contributed by atoms with Crippen molar-refractivity contribution in [1.82, 2.24) is 9.47 Å². The molecule has 5 atom stereocenters. The third-order valence-corrected chi connectivity index (χ3v) is 7.02.